The molecule has 0 unspecified atom stereocenters. The first-order valence-electron chi connectivity index (χ1n) is 10.1. The second-order valence-electron chi connectivity index (χ2n) is 7.31. The van der Waals surface area contributed by atoms with Gasteiger partial charge in [0.25, 0.3) is 11.8 Å². The molecule has 1 aromatic heterocycles. The summed E-state index contributed by atoms with van der Waals surface area (Å²) in [4.78, 5) is 26.4. The molecule has 1 aliphatic heterocycles. The van der Waals surface area contributed by atoms with Crippen LogP contribution in [0.2, 0.25) is 0 Å². The maximum atomic E-state index is 13.9. The number of likely N-dealkylation sites (tertiary alicyclic amines) is 1. The van der Waals surface area contributed by atoms with Crippen molar-refractivity contribution in [2.75, 3.05) is 23.7 Å². The molecule has 8 heteroatoms. The highest BCUT2D eigenvalue weighted by molar-refractivity contribution is 6.02. The molecular formula is C23H22FN5O2. The third kappa shape index (κ3) is 5.03. The molecule has 2 heterocycles. The van der Waals surface area contributed by atoms with Crippen LogP contribution in [0.4, 0.5) is 15.9 Å². The van der Waals surface area contributed by atoms with Gasteiger partial charge in [0.15, 0.2) is 5.69 Å². The lowest BCUT2D eigenvalue weighted by Gasteiger charge is -2.32. The molecule has 4 rings (SSSR count). The molecule has 158 valence electrons. The number of amides is 2. The summed E-state index contributed by atoms with van der Waals surface area (Å²) in [6.07, 6.45) is 1.41. The maximum absolute atomic E-state index is 13.9. The number of para-hydroxylation sites is 1. The molecule has 2 aromatic carbocycles. The normalized spacial score (nSPS) is 14.2. The Hall–Kier alpha value is -3.81. The molecule has 0 atom stereocenters. The summed E-state index contributed by atoms with van der Waals surface area (Å²) in [7, 11) is 0. The summed E-state index contributed by atoms with van der Waals surface area (Å²) >= 11 is 0. The van der Waals surface area contributed by atoms with Crippen molar-refractivity contribution in [3.63, 3.8) is 0 Å². The highest BCUT2D eigenvalue weighted by atomic mass is 19.1. The standard InChI is InChI=1S/C23H22FN5O2/c24-19-9-5-4-8-18(19)23(31)29-14-12-17(13-15-29)25-21-11-10-20(27-28-21)22(30)26-16-6-2-1-3-7-16/h1-11,17H,12-15H2,(H,25,28)(H,26,30). The average molecular weight is 419 g/mol. The summed E-state index contributed by atoms with van der Waals surface area (Å²) < 4.78 is 13.9. The number of halogens is 1. The molecule has 1 aliphatic rings. The monoisotopic (exact) mass is 419 g/mol. The number of nitrogens with one attached hydrogen (secondary N) is 2. The number of carbonyl (C=O) groups excluding carboxylic acids is 2. The van der Waals surface area contributed by atoms with E-state index in [1.807, 2.05) is 18.2 Å². The van der Waals surface area contributed by atoms with Crippen molar-refractivity contribution in [1.29, 1.82) is 0 Å². The topological polar surface area (TPSA) is 87.2 Å². The van der Waals surface area contributed by atoms with Crippen LogP contribution in [0.5, 0.6) is 0 Å². The first-order chi connectivity index (χ1) is 15.1. The SMILES string of the molecule is O=C(Nc1ccccc1)c1ccc(NC2CCN(C(=O)c3ccccc3F)CC2)nn1. The number of rotatable bonds is 5. The maximum Gasteiger partial charge on any atom is 0.276 e. The number of carbonyl (C=O) groups is 2. The molecule has 2 N–H and O–H groups in total. The first-order valence-corrected chi connectivity index (χ1v) is 10.1. The van der Waals surface area contributed by atoms with E-state index in [0.717, 1.165) is 0 Å². The van der Waals surface area contributed by atoms with Crippen molar-refractivity contribution in [2.45, 2.75) is 18.9 Å². The Morgan fingerprint density at radius 2 is 1.61 bits per heavy atom. The van der Waals surface area contributed by atoms with E-state index < -0.39 is 5.82 Å². The van der Waals surface area contributed by atoms with Gasteiger partial charge in [-0.1, -0.05) is 30.3 Å². The van der Waals surface area contributed by atoms with Gasteiger partial charge < -0.3 is 15.5 Å². The molecule has 0 saturated carbocycles. The highest BCUT2D eigenvalue weighted by Gasteiger charge is 2.25. The second kappa shape index (κ2) is 9.34. The first kappa shape index (κ1) is 20.5. The van der Waals surface area contributed by atoms with Gasteiger partial charge in [0.05, 0.1) is 5.56 Å². The number of nitrogens with zero attached hydrogens (tertiary/aromatic N) is 3. The van der Waals surface area contributed by atoms with E-state index in [0.29, 0.717) is 37.4 Å². The summed E-state index contributed by atoms with van der Waals surface area (Å²) in [5.74, 6) is -0.551. The van der Waals surface area contributed by atoms with E-state index >= 15 is 0 Å². The van der Waals surface area contributed by atoms with Crippen LogP contribution in [0.15, 0.2) is 66.7 Å². The van der Waals surface area contributed by atoms with E-state index in [4.69, 9.17) is 0 Å². The van der Waals surface area contributed by atoms with Crippen molar-refractivity contribution >= 4 is 23.3 Å². The lowest BCUT2D eigenvalue weighted by Crippen LogP contribution is -2.42. The van der Waals surface area contributed by atoms with Crippen molar-refractivity contribution < 1.29 is 14.0 Å². The van der Waals surface area contributed by atoms with Crippen molar-refractivity contribution in [3.8, 4) is 0 Å². The van der Waals surface area contributed by atoms with Crippen LogP contribution in [0, 0.1) is 5.82 Å². The summed E-state index contributed by atoms with van der Waals surface area (Å²) in [5.41, 5.74) is 1.01. The minimum absolute atomic E-state index is 0.101. The Morgan fingerprint density at radius 3 is 2.29 bits per heavy atom. The predicted molar refractivity (Wildman–Crippen MR) is 115 cm³/mol. The van der Waals surface area contributed by atoms with Gasteiger partial charge in [0.1, 0.15) is 11.6 Å². The zero-order valence-corrected chi connectivity index (χ0v) is 16.8. The molecular weight excluding hydrogens is 397 g/mol. The zero-order chi connectivity index (χ0) is 21.6. The van der Waals surface area contributed by atoms with Crippen molar-refractivity contribution in [2.24, 2.45) is 0 Å². The minimum Gasteiger partial charge on any atom is -0.366 e. The molecule has 7 nitrogen and oxygen atoms in total. The van der Waals surface area contributed by atoms with E-state index in [1.54, 1.807) is 41.3 Å². The largest absolute Gasteiger partial charge is 0.366 e. The van der Waals surface area contributed by atoms with Gasteiger partial charge in [0.2, 0.25) is 0 Å². The van der Waals surface area contributed by atoms with Gasteiger partial charge >= 0.3 is 0 Å². The Bertz CT molecular complexity index is 1050. The van der Waals surface area contributed by atoms with Crippen LogP contribution in [0.3, 0.4) is 0 Å². The number of aromatic nitrogens is 2. The smallest absolute Gasteiger partial charge is 0.276 e. The number of hydrogen-bond acceptors (Lipinski definition) is 5. The van der Waals surface area contributed by atoms with Crippen LogP contribution in [-0.2, 0) is 0 Å². The number of hydrogen-bond donors (Lipinski definition) is 2. The van der Waals surface area contributed by atoms with E-state index in [9.17, 15) is 14.0 Å². The highest BCUT2D eigenvalue weighted by Crippen LogP contribution is 2.18. The Balaban J connectivity index is 1.29. The summed E-state index contributed by atoms with van der Waals surface area (Å²) in [5, 5.41) is 14.2. The van der Waals surface area contributed by atoms with Gasteiger partial charge in [-0.3, -0.25) is 9.59 Å². The van der Waals surface area contributed by atoms with Gasteiger partial charge in [0, 0.05) is 24.8 Å². The fourth-order valence-corrected chi connectivity index (χ4v) is 3.49. The van der Waals surface area contributed by atoms with Gasteiger partial charge in [-0.25, -0.2) is 4.39 Å². The molecule has 0 spiro atoms. The number of anilines is 2. The lowest BCUT2D eigenvalue weighted by molar-refractivity contribution is 0.0713. The molecule has 0 aliphatic carbocycles. The van der Waals surface area contributed by atoms with Crippen LogP contribution in [-0.4, -0.2) is 46.0 Å². The third-order valence-electron chi connectivity index (χ3n) is 5.17. The van der Waals surface area contributed by atoms with Crippen LogP contribution < -0.4 is 10.6 Å². The Morgan fingerprint density at radius 1 is 0.903 bits per heavy atom. The molecule has 31 heavy (non-hydrogen) atoms. The second-order valence-corrected chi connectivity index (χ2v) is 7.31. The fourth-order valence-electron chi connectivity index (χ4n) is 3.49. The van der Waals surface area contributed by atoms with Crippen LogP contribution >= 0.6 is 0 Å². The van der Waals surface area contributed by atoms with E-state index in [2.05, 4.69) is 20.8 Å². The number of piperidine rings is 1. The minimum atomic E-state index is -0.501. The van der Waals surface area contributed by atoms with Crippen molar-refractivity contribution in [1.82, 2.24) is 15.1 Å². The molecule has 2 amide bonds. The lowest BCUT2D eigenvalue weighted by atomic mass is 10.0. The van der Waals surface area contributed by atoms with Gasteiger partial charge in [-0.05, 0) is 49.2 Å². The van der Waals surface area contributed by atoms with Gasteiger partial charge in [-0.15, -0.1) is 10.2 Å². The van der Waals surface area contributed by atoms with Crippen molar-refractivity contribution in [3.05, 3.63) is 83.8 Å². The predicted octanol–water partition coefficient (Wildman–Crippen LogP) is 3.58. The fraction of sp³-hybridized carbons (Fsp3) is 0.217. The quantitative estimate of drug-likeness (QED) is 0.660. The molecule has 1 fully saturated rings. The summed E-state index contributed by atoms with van der Waals surface area (Å²) in [6, 6.07) is 18.6. The van der Waals surface area contributed by atoms with Crippen LogP contribution in [0.25, 0.3) is 0 Å². The number of benzene rings is 2. The molecule has 0 radical (unpaired) electrons. The molecule has 0 bridgehead atoms. The van der Waals surface area contributed by atoms with E-state index in [1.165, 1.54) is 12.1 Å². The Kier molecular flexibility index (Phi) is 6.16. The van der Waals surface area contributed by atoms with Crippen LogP contribution in [0.1, 0.15) is 33.7 Å². The van der Waals surface area contributed by atoms with Gasteiger partial charge in [-0.2, -0.15) is 0 Å². The molecule has 3 aromatic rings. The Labute approximate surface area is 179 Å². The average Bonchev–Trinajstić information content (AvgIpc) is 2.80. The molecule has 1 saturated heterocycles. The van der Waals surface area contributed by atoms with E-state index in [-0.39, 0.29) is 29.1 Å². The summed E-state index contributed by atoms with van der Waals surface area (Å²) in [6.45, 7) is 1.05. The third-order valence-corrected chi connectivity index (χ3v) is 5.17. The zero-order valence-electron chi connectivity index (χ0n) is 16.8.